The Kier molecular flexibility index (Phi) is 6.49. The first-order chi connectivity index (χ1) is 13.2. The van der Waals surface area contributed by atoms with E-state index in [1.807, 2.05) is 52.2 Å². The summed E-state index contributed by atoms with van der Waals surface area (Å²) in [4.78, 5) is 14.8. The molecule has 6 heteroatoms. The Balaban J connectivity index is 0.00000225. The molecule has 0 unspecified atom stereocenters. The summed E-state index contributed by atoms with van der Waals surface area (Å²) in [6.07, 6.45) is 4.07. The molecule has 0 saturated carbocycles. The maximum Gasteiger partial charge on any atom is 0.227 e. The summed E-state index contributed by atoms with van der Waals surface area (Å²) in [6.45, 7) is 2.08. The van der Waals surface area contributed by atoms with Crippen LogP contribution >= 0.6 is 12.4 Å². The predicted octanol–water partition coefficient (Wildman–Crippen LogP) is 3.04. The summed E-state index contributed by atoms with van der Waals surface area (Å²) in [7, 11) is 0. The predicted molar refractivity (Wildman–Crippen MR) is 113 cm³/mol. The van der Waals surface area contributed by atoms with Crippen molar-refractivity contribution in [2.24, 2.45) is 11.7 Å². The van der Waals surface area contributed by atoms with Gasteiger partial charge in [-0.2, -0.15) is 5.10 Å². The summed E-state index contributed by atoms with van der Waals surface area (Å²) in [5.41, 5.74) is 9.27. The third-order valence-electron chi connectivity index (χ3n) is 5.38. The summed E-state index contributed by atoms with van der Waals surface area (Å²) in [6, 6.07) is 20.3. The maximum atomic E-state index is 12.8. The second-order valence-electron chi connectivity index (χ2n) is 7.11. The first-order valence-electron chi connectivity index (χ1n) is 9.36. The van der Waals surface area contributed by atoms with Crippen LogP contribution in [0.25, 0.3) is 5.69 Å². The molecular formula is C22H25ClN4O. The van der Waals surface area contributed by atoms with Gasteiger partial charge in [-0.05, 0) is 41.8 Å². The molecule has 4 rings (SSSR count). The Morgan fingerprint density at radius 3 is 2.43 bits per heavy atom. The van der Waals surface area contributed by atoms with Gasteiger partial charge in [0.2, 0.25) is 5.91 Å². The van der Waals surface area contributed by atoms with Gasteiger partial charge < -0.3 is 10.6 Å². The van der Waals surface area contributed by atoms with Gasteiger partial charge >= 0.3 is 0 Å². The van der Waals surface area contributed by atoms with Crippen LogP contribution in [-0.4, -0.2) is 40.2 Å². The lowest BCUT2D eigenvalue weighted by atomic mass is 9.89. The van der Waals surface area contributed by atoms with Gasteiger partial charge in [-0.25, -0.2) is 4.68 Å². The lowest BCUT2D eigenvalue weighted by Gasteiger charge is -2.17. The molecule has 0 radical (unpaired) electrons. The highest BCUT2D eigenvalue weighted by atomic mass is 35.5. The molecule has 28 heavy (non-hydrogen) atoms. The molecule has 2 N–H and O–H groups in total. The van der Waals surface area contributed by atoms with E-state index in [0.29, 0.717) is 24.8 Å². The van der Waals surface area contributed by atoms with Gasteiger partial charge in [0.15, 0.2) is 0 Å². The van der Waals surface area contributed by atoms with E-state index in [2.05, 4.69) is 29.4 Å². The molecule has 1 aliphatic rings. The minimum Gasteiger partial charge on any atom is -0.341 e. The fraction of sp³-hybridized carbons (Fsp3) is 0.273. The van der Waals surface area contributed by atoms with Gasteiger partial charge in [0, 0.05) is 31.4 Å². The fourth-order valence-electron chi connectivity index (χ4n) is 3.87. The Bertz CT molecular complexity index is 881. The second kappa shape index (κ2) is 9.04. The maximum absolute atomic E-state index is 12.8. The summed E-state index contributed by atoms with van der Waals surface area (Å²) in [5, 5.41) is 4.22. The molecular weight excluding hydrogens is 372 g/mol. The Morgan fingerprint density at radius 2 is 1.79 bits per heavy atom. The van der Waals surface area contributed by atoms with Crippen LogP contribution in [0.1, 0.15) is 17.0 Å². The van der Waals surface area contributed by atoms with Crippen LogP contribution < -0.4 is 5.73 Å². The number of rotatable bonds is 5. The molecule has 2 atom stereocenters. The van der Waals surface area contributed by atoms with Crippen LogP contribution in [0.15, 0.2) is 73.1 Å². The molecule has 0 bridgehead atoms. The Hall–Kier alpha value is -2.63. The Morgan fingerprint density at radius 1 is 1.04 bits per heavy atom. The van der Waals surface area contributed by atoms with Crippen LogP contribution in [0.5, 0.6) is 0 Å². The van der Waals surface area contributed by atoms with E-state index < -0.39 is 0 Å². The van der Waals surface area contributed by atoms with Crippen LogP contribution in [0.3, 0.4) is 0 Å². The zero-order valence-corrected chi connectivity index (χ0v) is 16.5. The molecule has 0 spiro atoms. The van der Waals surface area contributed by atoms with E-state index in [4.69, 9.17) is 5.73 Å². The lowest BCUT2D eigenvalue weighted by molar-refractivity contribution is -0.129. The number of carbonyl (C=O) groups is 1. The highest BCUT2D eigenvalue weighted by molar-refractivity contribution is 5.85. The fourth-order valence-corrected chi connectivity index (χ4v) is 3.87. The molecule has 2 heterocycles. The number of hydrogen-bond acceptors (Lipinski definition) is 3. The summed E-state index contributed by atoms with van der Waals surface area (Å²) < 4.78 is 1.81. The van der Waals surface area contributed by atoms with Crippen molar-refractivity contribution >= 4 is 18.3 Å². The first kappa shape index (κ1) is 20.1. The van der Waals surface area contributed by atoms with Gasteiger partial charge in [0.05, 0.1) is 12.1 Å². The number of amides is 1. The number of benzene rings is 2. The molecule has 0 aliphatic carbocycles. The van der Waals surface area contributed by atoms with Crippen molar-refractivity contribution in [3.63, 3.8) is 0 Å². The van der Waals surface area contributed by atoms with Gasteiger partial charge in [0.1, 0.15) is 0 Å². The monoisotopic (exact) mass is 396 g/mol. The van der Waals surface area contributed by atoms with E-state index in [1.165, 1.54) is 5.56 Å². The van der Waals surface area contributed by atoms with Gasteiger partial charge in [-0.15, -0.1) is 12.4 Å². The highest BCUT2D eigenvalue weighted by Gasteiger charge is 2.35. The number of carbonyl (C=O) groups excluding carboxylic acids is 1. The topological polar surface area (TPSA) is 64.2 Å². The van der Waals surface area contributed by atoms with Gasteiger partial charge in [0.25, 0.3) is 0 Å². The molecule has 146 valence electrons. The average molecular weight is 397 g/mol. The molecule has 1 amide bonds. The van der Waals surface area contributed by atoms with Gasteiger partial charge in [-0.3, -0.25) is 4.79 Å². The third-order valence-corrected chi connectivity index (χ3v) is 5.38. The normalized spacial score (nSPS) is 18.7. The number of hydrogen-bond donors (Lipinski definition) is 1. The third kappa shape index (κ3) is 4.26. The number of halogens is 1. The van der Waals surface area contributed by atoms with Crippen molar-refractivity contribution in [2.45, 2.75) is 12.3 Å². The first-order valence-corrected chi connectivity index (χ1v) is 9.36. The smallest absolute Gasteiger partial charge is 0.227 e. The quantitative estimate of drug-likeness (QED) is 0.720. The van der Waals surface area contributed by atoms with Crippen LogP contribution in [-0.2, 0) is 11.2 Å². The van der Waals surface area contributed by atoms with Crippen molar-refractivity contribution in [1.82, 2.24) is 14.7 Å². The van der Waals surface area contributed by atoms with E-state index in [-0.39, 0.29) is 18.3 Å². The molecule has 1 saturated heterocycles. The lowest BCUT2D eigenvalue weighted by Crippen LogP contribution is -2.31. The summed E-state index contributed by atoms with van der Waals surface area (Å²) >= 11 is 0. The molecule has 1 aliphatic heterocycles. The number of likely N-dealkylation sites (tertiary alicyclic amines) is 1. The minimum absolute atomic E-state index is 0. The van der Waals surface area contributed by atoms with Crippen LogP contribution in [0.2, 0.25) is 0 Å². The van der Waals surface area contributed by atoms with Gasteiger partial charge in [-0.1, -0.05) is 42.5 Å². The molecule has 1 fully saturated rings. The van der Waals surface area contributed by atoms with Crippen molar-refractivity contribution in [2.75, 3.05) is 19.6 Å². The standard InChI is InChI=1S/C22H24N4O.ClH/c23-14-19-15-25(16-21(19)18-5-2-1-3-6-18)22(27)13-17-7-9-20(10-8-17)26-12-4-11-24-26;/h1-12,19,21H,13-16,23H2;1H/t19-,21+;/m1./s1. The number of aromatic nitrogens is 2. The van der Waals surface area contributed by atoms with E-state index in [0.717, 1.165) is 24.3 Å². The van der Waals surface area contributed by atoms with Crippen molar-refractivity contribution in [1.29, 1.82) is 0 Å². The summed E-state index contributed by atoms with van der Waals surface area (Å²) in [5.74, 6) is 0.805. The zero-order chi connectivity index (χ0) is 18.6. The van der Waals surface area contributed by atoms with Crippen LogP contribution in [0.4, 0.5) is 0 Å². The molecule has 5 nitrogen and oxygen atoms in total. The molecule has 3 aromatic rings. The molecule has 2 aromatic carbocycles. The van der Waals surface area contributed by atoms with Crippen molar-refractivity contribution in [3.8, 4) is 5.69 Å². The van der Waals surface area contributed by atoms with E-state index >= 15 is 0 Å². The molecule has 1 aromatic heterocycles. The SMILES string of the molecule is Cl.NC[C@@H]1CN(C(=O)Cc2ccc(-n3cccn3)cc2)C[C@H]1c1ccccc1. The van der Waals surface area contributed by atoms with E-state index in [1.54, 1.807) is 6.20 Å². The van der Waals surface area contributed by atoms with E-state index in [9.17, 15) is 4.79 Å². The minimum atomic E-state index is 0. The number of nitrogens with two attached hydrogens (primary N) is 1. The Labute approximate surface area is 171 Å². The van der Waals surface area contributed by atoms with Crippen LogP contribution in [0, 0.1) is 5.92 Å². The highest BCUT2D eigenvalue weighted by Crippen LogP contribution is 2.32. The number of nitrogens with zero attached hydrogens (tertiary/aromatic N) is 3. The second-order valence-corrected chi connectivity index (χ2v) is 7.11. The van der Waals surface area contributed by atoms with Crippen molar-refractivity contribution in [3.05, 3.63) is 84.2 Å². The zero-order valence-electron chi connectivity index (χ0n) is 15.6. The largest absolute Gasteiger partial charge is 0.341 e. The van der Waals surface area contributed by atoms with Crippen molar-refractivity contribution < 1.29 is 4.79 Å². The average Bonchev–Trinajstić information content (AvgIpc) is 3.39.